The molecule has 29 heavy (non-hydrogen) atoms. The van der Waals surface area contributed by atoms with Crippen molar-refractivity contribution in [2.75, 3.05) is 19.7 Å². The smallest absolute Gasteiger partial charge is 0.243 e. The van der Waals surface area contributed by atoms with Gasteiger partial charge in [0.2, 0.25) is 5.91 Å². The van der Waals surface area contributed by atoms with Gasteiger partial charge in [-0.25, -0.2) is 0 Å². The predicted octanol–water partition coefficient (Wildman–Crippen LogP) is 4.33. The lowest BCUT2D eigenvalue weighted by atomic mass is 9.85. The Bertz CT molecular complexity index is 909. The molecule has 3 aliphatic heterocycles. The molecular weight excluding hydrogens is 360 g/mol. The van der Waals surface area contributed by atoms with Crippen molar-refractivity contribution in [3.63, 3.8) is 0 Å². The van der Waals surface area contributed by atoms with Crippen LogP contribution in [-0.4, -0.2) is 40.9 Å². The second-order valence-corrected chi connectivity index (χ2v) is 8.78. The lowest BCUT2D eigenvalue weighted by Crippen LogP contribution is -2.49. The molecule has 1 spiro atoms. The number of hydrogen-bond donors (Lipinski definition) is 0. The summed E-state index contributed by atoms with van der Waals surface area (Å²) in [6.07, 6.45) is 3.20. The first kappa shape index (κ1) is 18.7. The summed E-state index contributed by atoms with van der Waals surface area (Å²) in [4.78, 5) is 18.3. The normalized spacial score (nSPS) is 28.6. The minimum atomic E-state index is -0.272. The average molecular weight is 391 g/mol. The van der Waals surface area contributed by atoms with Gasteiger partial charge in [-0.2, -0.15) is 0 Å². The van der Waals surface area contributed by atoms with Crippen LogP contribution in [0.2, 0.25) is 0 Å². The van der Waals surface area contributed by atoms with Crippen LogP contribution in [0.25, 0.3) is 0 Å². The Balaban J connectivity index is 1.39. The molecule has 3 heterocycles. The first-order chi connectivity index (χ1) is 14.1. The van der Waals surface area contributed by atoms with E-state index in [1.165, 1.54) is 16.7 Å². The fourth-order valence-corrected chi connectivity index (χ4v) is 5.98. The third-order valence-corrected chi connectivity index (χ3v) is 7.33. The van der Waals surface area contributed by atoms with Crippen LogP contribution in [0.3, 0.4) is 0 Å². The number of carbonyl (C=O) groups excluding carboxylic acids is 1. The first-order valence-electron chi connectivity index (χ1n) is 11.0. The minimum Gasteiger partial charge on any atom is -0.494 e. The van der Waals surface area contributed by atoms with E-state index in [9.17, 15) is 4.79 Å². The molecule has 152 valence electrons. The van der Waals surface area contributed by atoms with Crippen molar-refractivity contribution < 1.29 is 9.53 Å². The van der Waals surface area contributed by atoms with Gasteiger partial charge in [-0.05, 0) is 68.5 Å². The number of hydrogen-bond acceptors (Lipinski definition) is 3. The molecule has 0 N–H and O–H groups in total. The first-order valence-corrected chi connectivity index (χ1v) is 11.0. The summed E-state index contributed by atoms with van der Waals surface area (Å²) in [5, 5.41) is 0. The topological polar surface area (TPSA) is 32.8 Å². The van der Waals surface area contributed by atoms with Crippen molar-refractivity contribution in [3.05, 3.63) is 65.2 Å². The number of nitrogens with zero attached hydrogens (tertiary/aromatic N) is 2. The van der Waals surface area contributed by atoms with Gasteiger partial charge in [0, 0.05) is 25.0 Å². The highest BCUT2D eigenvalue weighted by Crippen LogP contribution is 2.56. The second-order valence-electron chi connectivity index (χ2n) is 8.78. The number of carbonyl (C=O) groups is 1. The van der Waals surface area contributed by atoms with Crippen molar-refractivity contribution in [2.45, 2.75) is 51.2 Å². The number of amides is 1. The van der Waals surface area contributed by atoms with E-state index in [1.54, 1.807) is 0 Å². The quantitative estimate of drug-likeness (QED) is 0.762. The molecule has 2 aromatic carbocycles. The van der Waals surface area contributed by atoms with Gasteiger partial charge in [0.15, 0.2) is 0 Å². The van der Waals surface area contributed by atoms with E-state index in [-0.39, 0.29) is 5.54 Å². The molecule has 3 atom stereocenters. The summed E-state index contributed by atoms with van der Waals surface area (Å²) in [5.41, 5.74) is 3.59. The molecular formula is C25H30N2O2. The summed E-state index contributed by atoms with van der Waals surface area (Å²) in [7, 11) is 0. The van der Waals surface area contributed by atoms with Crippen molar-refractivity contribution >= 4 is 5.91 Å². The van der Waals surface area contributed by atoms with Crippen molar-refractivity contribution in [2.24, 2.45) is 5.92 Å². The van der Waals surface area contributed by atoms with E-state index in [4.69, 9.17) is 4.74 Å². The summed E-state index contributed by atoms with van der Waals surface area (Å²) in [6, 6.07) is 17.3. The van der Waals surface area contributed by atoms with E-state index in [0.717, 1.165) is 44.6 Å². The summed E-state index contributed by atoms with van der Waals surface area (Å²) < 4.78 is 5.61. The van der Waals surface area contributed by atoms with E-state index in [1.807, 2.05) is 6.92 Å². The van der Waals surface area contributed by atoms with Crippen LogP contribution >= 0.6 is 0 Å². The zero-order valence-corrected chi connectivity index (χ0v) is 17.4. The Hall–Kier alpha value is -2.33. The minimum absolute atomic E-state index is 0.272. The maximum absolute atomic E-state index is 13.7. The highest BCUT2D eigenvalue weighted by Gasteiger charge is 2.65. The molecule has 3 saturated heterocycles. The molecule has 2 aromatic rings. The molecule has 3 fully saturated rings. The number of likely N-dealkylation sites (tertiary alicyclic amines) is 1. The summed E-state index contributed by atoms with van der Waals surface area (Å²) >= 11 is 0. The molecule has 0 aromatic heterocycles. The molecule has 5 rings (SSSR count). The van der Waals surface area contributed by atoms with Gasteiger partial charge in [0.1, 0.15) is 11.3 Å². The molecule has 4 nitrogen and oxygen atoms in total. The number of aryl methyl sites for hydroxylation is 1. The molecule has 0 unspecified atom stereocenters. The van der Waals surface area contributed by atoms with Gasteiger partial charge < -0.3 is 9.64 Å². The van der Waals surface area contributed by atoms with Crippen LogP contribution < -0.4 is 4.74 Å². The van der Waals surface area contributed by atoms with E-state index in [0.29, 0.717) is 24.5 Å². The predicted molar refractivity (Wildman–Crippen MR) is 114 cm³/mol. The van der Waals surface area contributed by atoms with Gasteiger partial charge in [0.05, 0.1) is 6.61 Å². The Morgan fingerprint density at radius 3 is 2.69 bits per heavy atom. The fourth-order valence-electron chi connectivity index (χ4n) is 5.98. The number of benzene rings is 2. The van der Waals surface area contributed by atoms with Crippen molar-refractivity contribution in [1.82, 2.24) is 9.80 Å². The Morgan fingerprint density at radius 2 is 1.93 bits per heavy atom. The molecule has 1 amide bonds. The van der Waals surface area contributed by atoms with Crippen LogP contribution in [0.15, 0.2) is 48.5 Å². The van der Waals surface area contributed by atoms with Crippen molar-refractivity contribution in [1.29, 1.82) is 0 Å². The average Bonchev–Trinajstić information content (AvgIpc) is 3.36. The Labute approximate surface area is 173 Å². The van der Waals surface area contributed by atoms with Gasteiger partial charge >= 0.3 is 0 Å². The van der Waals surface area contributed by atoms with Crippen LogP contribution in [0, 0.1) is 12.8 Å². The zero-order valence-electron chi connectivity index (χ0n) is 17.4. The zero-order chi connectivity index (χ0) is 20.0. The molecule has 0 bridgehead atoms. The largest absolute Gasteiger partial charge is 0.494 e. The molecule has 4 heteroatoms. The molecule has 0 saturated carbocycles. The summed E-state index contributed by atoms with van der Waals surface area (Å²) in [5.74, 6) is 1.71. The van der Waals surface area contributed by atoms with E-state index in [2.05, 4.69) is 65.3 Å². The maximum Gasteiger partial charge on any atom is 0.243 e. The highest BCUT2D eigenvalue weighted by atomic mass is 16.5. The standard InChI is InChI=1S/C25H30N2O2/c1-3-29-22-11-9-19(10-12-22)23-15-21-17-26(16-20-8-5-4-7-18(20)2)24(28)25(21)13-6-14-27(23)25/h4-5,7-12,21,23H,3,6,13-17H2,1-2H3/t21-,23-,25-/m0/s1. The molecule has 0 radical (unpaired) electrons. The van der Waals surface area contributed by atoms with Crippen LogP contribution in [-0.2, 0) is 11.3 Å². The SMILES string of the molecule is CCOc1ccc([C@@H]2C[C@H]3CN(Cc4ccccc4C)C(=O)[C@]34CCCN24)cc1. The Morgan fingerprint density at radius 1 is 1.14 bits per heavy atom. The lowest BCUT2D eigenvalue weighted by Gasteiger charge is -2.33. The summed E-state index contributed by atoms with van der Waals surface area (Å²) in [6.45, 7) is 7.49. The van der Waals surface area contributed by atoms with Gasteiger partial charge in [-0.3, -0.25) is 9.69 Å². The second kappa shape index (κ2) is 7.17. The van der Waals surface area contributed by atoms with Crippen molar-refractivity contribution in [3.8, 4) is 5.75 Å². The molecule has 0 aliphatic carbocycles. The van der Waals surface area contributed by atoms with Gasteiger partial charge in [0.25, 0.3) is 0 Å². The number of ether oxygens (including phenoxy) is 1. The number of rotatable bonds is 5. The fraction of sp³-hybridized carbons (Fsp3) is 0.480. The highest BCUT2D eigenvalue weighted by molar-refractivity contribution is 5.90. The maximum atomic E-state index is 13.7. The Kier molecular flexibility index (Phi) is 4.62. The van der Waals surface area contributed by atoms with Crippen LogP contribution in [0.5, 0.6) is 5.75 Å². The van der Waals surface area contributed by atoms with Gasteiger partial charge in [-0.15, -0.1) is 0 Å². The molecule has 3 aliphatic rings. The van der Waals surface area contributed by atoms with Crippen LogP contribution in [0.1, 0.15) is 48.9 Å². The third-order valence-electron chi connectivity index (χ3n) is 7.33. The van der Waals surface area contributed by atoms with E-state index >= 15 is 0 Å². The third kappa shape index (κ3) is 2.88. The lowest BCUT2D eigenvalue weighted by molar-refractivity contribution is -0.137. The van der Waals surface area contributed by atoms with E-state index < -0.39 is 0 Å². The monoisotopic (exact) mass is 390 g/mol. The van der Waals surface area contributed by atoms with Crippen LogP contribution in [0.4, 0.5) is 0 Å². The van der Waals surface area contributed by atoms with Gasteiger partial charge in [-0.1, -0.05) is 36.4 Å².